The number of benzene rings is 1. The third-order valence-electron chi connectivity index (χ3n) is 6.79. The summed E-state index contributed by atoms with van der Waals surface area (Å²) in [4.78, 5) is 27.4. The lowest BCUT2D eigenvalue weighted by atomic mass is 9.99. The fourth-order valence-electron chi connectivity index (χ4n) is 4.80. The molecular weight excluding hydrogens is 446 g/mol. The number of rotatable bonds is 7. The number of nitrogens with zero attached hydrogens (tertiary/aromatic N) is 3. The van der Waals surface area contributed by atoms with Gasteiger partial charge in [0.05, 0.1) is 18.5 Å². The van der Waals surface area contributed by atoms with Gasteiger partial charge >= 0.3 is 0 Å². The number of ether oxygens (including phenoxy) is 1. The second kappa shape index (κ2) is 10.6. The van der Waals surface area contributed by atoms with Crippen molar-refractivity contribution in [3.05, 3.63) is 71.8 Å². The molecule has 9 heteroatoms. The lowest BCUT2D eigenvalue weighted by Crippen LogP contribution is -2.42. The second-order valence-corrected chi connectivity index (χ2v) is 9.37. The van der Waals surface area contributed by atoms with Crippen LogP contribution in [0.15, 0.2) is 55.1 Å². The molecule has 3 N–H and O–H groups in total. The van der Waals surface area contributed by atoms with Crippen LogP contribution in [0.25, 0.3) is 0 Å². The number of anilines is 1. The van der Waals surface area contributed by atoms with Gasteiger partial charge in [-0.3, -0.25) is 14.5 Å². The van der Waals surface area contributed by atoms with Crippen molar-refractivity contribution in [2.45, 2.75) is 31.9 Å². The minimum atomic E-state index is -0.652. The molecule has 0 radical (unpaired) electrons. The number of fused-ring (bicyclic) bond motifs is 2. The average Bonchev–Trinajstić information content (AvgIpc) is 3.31. The fraction of sp³-hybridized carbons (Fsp3) is 0.423. The van der Waals surface area contributed by atoms with Crippen LogP contribution in [0, 0.1) is 5.92 Å². The van der Waals surface area contributed by atoms with Crippen LogP contribution in [0.5, 0.6) is 0 Å². The van der Waals surface area contributed by atoms with Crippen molar-refractivity contribution in [3.8, 4) is 0 Å². The zero-order valence-corrected chi connectivity index (χ0v) is 19.7. The number of aromatic nitrogens is 2. The molecule has 2 amide bonds. The maximum atomic E-state index is 12.7. The summed E-state index contributed by atoms with van der Waals surface area (Å²) in [6.07, 6.45) is 8.76. The summed E-state index contributed by atoms with van der Waals surface area (Å²) < 4.78 is 8.84. The Morgan fingerprint density at radius 3 is 2.77 bits per heavy atom. The Bertz CT molecular complexity index is 1200. The fourth-order valence-corrected chi connectivity index (χ4v) is 4.80. The molecule has 1 aromatic carbocycles. The number of aliphatic hydroxyl groups is 1. The van der Waals surface area contributed by atoms with Crippen LogP contribution in [-0.4, -0.2) is 65.3 Å². The van der Waals surface area contributed by atoms with Crippen LogP contribution in [0.3, 0.4) is 0 Å². The monoisotopic (exact) mass is 478 g/mol. The lowest BCUT2D eigenvalue weighted by Gasteiger charge is -2.30. The number of hydrogen-bond acceptors (Lipinski definition) is 5. The molecule has 2 aromatic heterocycles. The Labute approximate surface area is 204 Å². The molecule has 0 spiro atoms. The second-order valence-electron chi connectivity index (χ2n) is 9.37. The predicted octanol–water partition coefficient (Wildman–Crippen LogP) is 1.04. The van der Waals surface area contributed by atoms with Gasteiger partial charge in [0.1, 0.15) is 11.3 Å². The summed E-state index contributed by atoms with van der Waals surface area (Å²) in [5.74, 6) is -0.296. The molecule has 35 heavy (non-hydrogen) atoms. The maximum Gasteiger partial charge on any atom is 0.259 e. The first-order valence-electron chi connectivity index (χ1n) is 12.2. The quantitative estimate of drug-likeness (QED) is 0.441. The van der Waals surface area contributed by atoms with Crippen LogP contribution < -0.4 is 15.1 Å². The van der Waals surface area contributed by atoms with Gasteiger partial charge < -0.3 is 20.5 Å². The first kappa shape index (κ1) is 23.5. The van der Waals surface area contributed by atoms with Gasteiger partial charge in [0.15, 0.2) is 0 Å². The van der Waals surface area contributed by atoms with E-state index in [2.05, 4.69) is 33.7 Å². The first-order valence-corrected chi connectivity index (χ1v) is 12.2. The molecule has 2 aliphatic heterocycles. The molecule has 4 heterocycles. The molecule has 1 atom stereocenters. The van der Waals surface area contributed by atoms with E-state index in [1.807, 2.05) is 6.07 Å². The topological polar surface area (TPSA) is 99.4 Å². The molecule has 1 saturated heterocycles. The summed E-state index contributed by atoms with van der Waals surface area (Å²) in [5, 5.41) is 16.3. The number of amides is 2. The minimum Gasteiger partial charge on any atom is -0.390 e. The van der Waals surface area contributed by atoms with E-state index in [1.54, 1.807) is 39.9 Å². The van der Waals surface area contributed by atoms with Crippen molar-refractivity contribution in [1.29, 1.82) is 0 Å². The molecule has 0 bridgehead atoms. The average molecular weight is 479 g/mol. The first-order chi connectivity index (χ1) is 17.0. The van der Waals surface area contributed by atoms with E-state index in [0.29, 0.717) is 31.0 Å². The van der Waals surface area contributed by atoms with Gasteiger partial charge in [0, 0.05) is 45.3 Å². The zero-order valence-electron chi connectivity index (χ0n) is 19.7. The highest BCUT2D eigenvalue weighted by Gasteiger charge is 2.23. The Morgan fingerprint density at radius 2 is 1.94 bits per heavy atom. The summed E-state index contributed by atoms with van der Waals surface area (Å²) in [7, 11) is 0. The van der Waals surface area contributed by atoms with Crippen molar-refractivity contribution < 1.29 is 23.9 Å². The number of nitrogens with one attached hydrogen (secondary N) is 2. The van der Waals surface area contributed by atoms with Crippen molar-refractivity contribution in [2.24, 2.45) is 5.92 Å². The Balaban J connectivity index is 1.13. The number of β-amino-alcohol motifs (C(OH)–C–C–N with tert-alkyl or cyclic N) is 1. The minimum absolute atomic E-state index is 0.00560. The highest BCUT2D eigenvalue weighted by molar-refractivity contribution is 5.93. The van der Waals surface area contributed by atoms with E-state index in [0.717, 1.165) is 32.4 Å². The zero-order chi connectivity index (χ0) is 24.2. The van der Waals surface area contributed by atoms with Crippen molar-refractivity contribution in [1.82, 2.24) is 14.7 Å². The number of aliphatic hydroxyl groups excluding tert-OH is 1. The Hall–Kier alpha value is -3.27. The standard InChI is InChI=1S/C26H31N5O4/c32-24(18-29-9-5-19-3-1-2-4-21(19)14-29)13-27-25(33)22-15-30-10-6-23(17-31(30)16-22)28-26(34)20-7-11-35-12-8-20/h1-4,6,10,15-17,20,24,32H,5,7-9,11-14,18H2,(H-,27,28,33,34)/p+1/t24-/m1/s1. The van der Waals surface area contributed by atoms with Crippen molar-refractivity contribution in [3.63, 3.8) is 0 Å². The number of carbonyl (C=O) groups excluding carboxylic acids is 2. The van der Waals surface area contributed by atoms with Crippen LogP contribution in [-0.2, 0) is 22.5 Å². The van der Waals surface area contributed by atoms with Crippen LogP contribution in [0.2, 0.25) is 0 Å². The third kappa shape index (κ3) is 5.70. The summed E-state index contributed by atoms with van der Waals surface area (Å²) >= 11 is 0. The smallest absolute Gasteiger partial charge is 0.259 e. The van der Waals surface area contributed by atoms with Gasteiger partial charge in [0.25, 0.3) is 5.91 Å². The normalized spacial score (nSPS) is 17.6. The SMILES string of the molecule is O=C(NC[C@@H](O)CN1CCc2ccccc2C1)c1cn2ccc(NC(=O)C3CCOCC3)c[n+]2c1. The predicted molar refractivity (Wildman–Crippen MR) is 129 cm³/mol. The molecule has 2 aliphatic rings. The van der Waals surface area contributed by atoms with E-state index in [4.69, 9.17) is 4.74 Å². The highest BCUT2D eigenvalue weighted by atomic mass is 16.5. The van der Waals surface area contributed by atoms with Gasteiger partial charge in [-0.15, -0.1) is 4.52 Å². The van der Waals surface area contributed by atoms with Crippen LogP contribution >= 0.6 is 0 Å². The summed E-state index contributed by atoms with van der Waals surface area (Å²) in [6.45, 7) is 3.64. The molecule has 9 nitrogen and oxygen atoms in total. The number of hydrogen-bond donors (Lipinski definition) is 3. The maximum absolute atomic E-state index is 12.7. The highest BCUT2D eigenvalue weighted by Crippen LogP contribution is 2.19. The third-order valence-corrected chi connectivity index (χ3v) is 6.79. The van der Waals surface area contributed by atoms with E-state index in [9.17, 15) is 14.7 Å². The molecule has 184 valence electrons. The van der Waals surface area contributed by atoms with Gasteiger partial charge in [-0.1, -0.05) is 28.8 Å². The van der Waals surface area contributed by atoms with Crippen molar-refractivity contribution >= 4 is 17.5 Å². The Morgan fingerprint density at radius 1 is 1.14 bits per heavy atom. The largest absolute Gasteiger partial charge is 0.390 e. The van der Waals surface area contributed by atoms with Gasteiger partial charge in [-0.2, -0.15) is 0 Å². The summed E-state index contributed by atoms with van der Waals surface area (Å²) in [6, 6.07) is 10.2. The molecule has 0 unspecified atom stereocenters. The van der Waals surface area contributed by atoms with Crippen LogP contribution in [0.1, 0.15) is 34.3 Å². The Kier molecular flexibility index (Phi) is 7.08. The van der Waals surface area contributed by atoms with Gasteiger partial charge in [0.2, 0.25) is 18.3 Å². The van der Waals surface area contributed by atoms with Gasteiger partial charge in [-0.05, 0) is 36.5 Å². The van der Waals surface area contributed by atoms with E-state index in [1.165, 1.54) is 11.1 Å². The van der Waals surface area contributed by atoms with E-state index >= 15 is 0 Å². The molecule has 0 saturated carbocycles. The lowest BCUT2D eigenvalue weighted by molar-refractivity contribution is -0.616. The van der Waals surface area contributed by atoms with Gasteiger partial charge in [-0.25, -0.2) is 0 Å². The van der Waals surface area contributed by atoms with E-state index < -0.39 is 6.10 Å². The van der Waals surface area contributed by atoms with Crippen molar-refractivity contribution in [2.75, 3.05) is 38.2 Å². The summed E-state index contributed by atoms with van der Waals surface area (Å²) in [5.41, 5.74) is 3.82. The molecule has 3 aromatic rings. The van der Waals surface area contributed by atoms with E-state index in [-0.39, 0.29) is 24.3 Å². The molecule has 1 fully saturated rings. The molecular formula is C26H32N5O4+. The molecule has 5 rings (SSSR count). The molecule has 0 aliphatic carbocycles. The van der Waals surface area contributed by atoms with Crippen LogP contribution in [0.4, 0.5) is 5.69 Å². The number of carbonyl (C=O) groups is 2.